The smallest absolute Gasteiger partial charge is 0.272 e. The lowest BCUT2D eigenvalue weighted by atomic mass is 10.1. The largest absolute Gasteiger partial charge is 0.508 e. The number of phenols is 1. The summed E-state index contributed by atoms with van der Waals surface area (Å²) < 4.78 is 7.51. The number of carbonyl (C=O) groups is 1. The molecule has 1 aromatic carbocycles. The molecular weight excluding hydrogens is 306 g/mol. The SMILES string of the molecule is CCC(CC)n1nccc1C(=O)N1CCOc2cc(O)ccc2C1. The number of benzene rings is 1. The summed E-state index contributed by atoms with van der Waals surface area (Å²) in [5.41, 5.74) is 1.51. The first-order valence-electron chi connectivity index (χ1n) is 8.41. The Hall–Kier alpha value is -2.50. The van der Waals surface area contributed by atoms with Crippen molar-refractivity contribution in [3.05, 3.63) is 41.7 Å². The average Bonchev–Trinajstić information content (AvgIpc) is 2.96. The van der Waals surface area contributed by atoms with Gasteiger partial charge in [0.2, 0.25) is 0 Å². The number of phenolic OH excluding ortho intramolecular Hbond substituents is 1. The molecule has 0 saturated carbocycles. The Morgan fingerprint density at radius 3 is 2.88 bits per heavy atom. The van der Waals surface area contributed by atoms with E-state index in [0.29, 0.717) is 31.1 Å². The van der Waals surface area contributed by atoms with Gasteiger partial charge in [-0.05, 0) is 31.0 Å². The van der Waals surface area contributed by atoms with E-state index in [0.717, 1.165) is 18.4 Å². The fourth-order valence-corrected chi connectivity index (χ4v) is 3.10. The summed E-state index contributed by atoms with van der Waals surface area (Å²) in [6.45, 7) is 5.57. The van der Waals surface area contributed by atoms with Gasteiger partial charge in [0, 0.05) is 24.4 Å². The van der Waals surface area contributed by atoms with Gasteiger partial charge in [0.15, 0.2) is 0 Å². The van der Waals surface area contributed by atoms with Crippen molar-refractivity contribution in [1.29, 1.82) is 0 Å². The maximum Gasteiger partial charge on any atom is 0.272 e. The number of amides is 1. The Morgan fingerprint density at radius 1 is 1.33 bits per heavy atom. The third kappa shape index (κ3) is 3.09. The van der Waals surface area contributed by atoms with Crippen molar-refractivity contribution in [3.63, 3.8) is 0 Å². The Bertz CT molecular complexity index is 722. The molecule has 0 aliphatic carbocycles. The molecule has 0 saturated heterocycles. The Morgan fingerprint density at radius 2 is 2.12 bits per heavy atom. The van der Waals surface area contributed by atoms with Crippen LogP contribution in [0.5, 0.6) is 11.5 Å². The Balaban J connectivity index is 1.86. The molecule has 6 nitrogen and oxygen atoms in total. The molecule has 0 spiro atoms. The van der Waals surface area contributed by atoms with Crippen LogP contribution in [0.2, 0.25) is 0 Å². The summed E-state index contributed by atoms with van der Waals surface area (Å²) in [6, 6.07) is 7.02. The van der Waals surface area contributed by atoms with Crippen molar-refractivity contribution in [2.24, 2.45) is 0 Å². The van der Waals surface area contributed by atoms with Crippen LogP contribution in [0.4, 0.5) is 0 Å². The van der Waals surface area contributed by atoms with Crippen molar-refractivity contribution in [3.8, 4) is 11.5 Å². The highest BCUT2D eigenvalue weighted by Gasteiger charge is 2.25. The lowest BCUT2D eigenvalue weighted by Crippen LogP contribution is -2.34. The molecular formula is C18H23N3O3. The molecule has 1 aliphatic heterocycles. The zero-order chi connectivity index (χ0) is 17.1. The number of rotatable bonds is 4. The molecule has 0 radical (unpaired) electrons. The molecule has 1 aliphatic rings. The maximum atomic E-state index is 13.0. The first kappa shape index (κ1) is 16.4. The van der Waals surface area contributed by atoms with Crippen LogP contribution in [0.25, 0.3) is 0 Å². The van der Waals surface area contributed by atoms with Crippen molar-refractivity contribution in [2.75, 3.05) is 13.2 Å². The van der Waals surface area contributed by atoms with Crippen molar-refractivity contribution < 1.29 is 14.6 Å². The van der Waals surface area contributed by atoms with E-state index in [2.05, 4.69) is 18.9 Å². The van der Waals surface area contributed by atoms with Gasteiger partial charge in [-0.25, -0.2) is 0 Å². The molecule has 128 valence electrons. The number of aromatic nitrogens is 2. The van der Waals surface area contributed by atoms with Gasteiger partial charge in [-0.1, -0.05) is 13.8 Å². The van der Waals surface area contributed by atoms with E-state index >= 15 is 0 Å². The van der Waals surface area contributed by atoms with Crippen LogP contribution in [0, 0.1) is 0 Å². The fraction of sp³-hybridized carbons (Fsp3) is 0.444. The minimum Gasteiger partial charge on any atom is -0.508 e. The summed E-state index contributed by atoms with van der Waals surface area (Å²) in [6.07, 6.45) is 3.55. The first-order chi connectivity index (χ1) is 11.6. The number of hydrogen-bond donors (Lipinski definition) is 1. The molecule has 3 rings (SSSR count). The molecule has 24 heavy (non-hydrogen) atoms. The highest BCUT2D eigenvalue weighted by Crippen LogP contribution is 2.28. The number of carbonyl (C=O) groups excluding carboxylic acids is 1. The number of hydrogen-bond acceptors (Lipinski definition) is 4. The molecule has 2 aromatic rings. The van der Waals surface area contributed by atoms with E-state index in [4.69, 9.17) is 4.74 Å². The second-order valence-corrected chi connectivity index (χ2v) is 6.00. The molecule has 2 heterocycles. The van der Waals surface area contributed by atoms with Crippen LogP contribution in [0.3, 0.4) is 0 Å². The summed E-state index contributed by atoms with van der Waals surface area (Å²) in [5.74, 6) is 0.767. The quantitative estimate of drug-likeness (QED) is 0.936. The second kappa shape index (κ2) is 6.95. The standard InChI is InChI=1S/C18H23N3O3/c1-3-14(4-2)21-16(7-8-19-21)18(23)20-9-10-24-17-11-15(22)6-5-13(17)12-20/h5-8,11,14,22H,3-4,9-10,12H2,1-2H3. The van der Waals surface area contributed by atoms with Gasteiger partial charge >= 0.3 is 0 Å². The van der Waals surface area contributed by atoms with Gasteiger partial charge in [-0.3, -0.25) is 9.48 Å². The lowest BCUT2D eigenvalue weighted by molar-refractivity contribution is 0.0717. The maximum absolute atomic E-state index is 13.0. The highest BCUT2D eigenvalue weighted by atomic mass is 16.5. The molecule has 1 aromatic heterocycles. The van der Waals surface area contributed by atoms with Crippen LogP contribution in [-0.2, 0) is 6.54 Å². The highest BCUT2D eigenvalue weighted by molar-refractivity contribution is 5.92. The predicted octanol–water partition coefficient (Wildman–Crippen LogP) is 2.98. The number of fused-ring (bicyclic) bond motifs is 1. The minimum atomic E-state index is -0.0380. The number of nitrogens with zero attached hydrogens (tertiary/aromatic N) is 3. The average molecular weight is 329 g/mol. The zero-order valence-corrected chi connectivity index (χ0v) is 14.1. The third-order valence-electron chi connectivity index (χ3n) is 4.50. The molecule has 0 bridgehead atoms. The topological polar surface area (TPSA) is 67.6 Å². The molecule has 1 amide bonds. The van der Waals surface area contributed by atoms with Gasteiger partial charge in [-0.2, -0.15) is 5.10 Å². The van der Waals surface area contributed by atoms with Gasteiger partial charge < -0.3 is 14.7 Å². The van der Waals surface area contributed by atoms with E-state index in [-0.39, 0.29) is 17.7 Å². The van der Waals surface area contributed by atoms with Gasteiger partial charge in [0.1, 0.15) is 23.8 Å². The van der Waals surface area contributed by atoms with Crippen LogP contribution in [0.15, 0.2) is 30.5 Å². The van der Waals surface area contributed by atoms with Crippen LogP contribution < -0.4 is 4.74 Å². The van der Waals surface area contributed by atoms with Crippen molar-refractivity contribution in [2.45, 2.75) is 39.3 Å². The van der Waals surface area contributed by atoms with Crippen molar-refractivity contribution in [1.82, 2.24) is 14.7 Å². The number of ether oxygens (including phenoxy) is 1. The minimum absolute atomic E-state index is 0.0380. The van der Waals surface area contributed by atoms with E-state index in [9.17, 15) is 9.90 Å². The predicted molar refractivity (Wildman–Crippen MR) is 90.2 cm³/mol. The van der Waals surface area contributed by atoms with E-state index in [1.807, 2.05) is 4.68 Å². The number of aromatic hydroxyl groups is 1. The first-order valence-corrected chi connectivity index (χ1v) is 8.41. The Kier molecular flexibility index (Phi) is 4.74. The third-order valence-corrected chi connectivity index (χ3v) is 4.50. The van der Waals surface area contributed by atoms with Crippen LogP contribution in [-0.4, -0.2) is 38.8 Å². The van der Waals surface area contributed by atoms with E-state index in [1.165, 1.54) is 0 Å². The molecule has 0 unspecified atom stereocenters. The van der Waals surface area contributed by atoms with E-state index < -0.39 is 0 Å². The van der Waals surface area contributed by atoms with E-state index in [1.54, 1.807) is 35.4 Å². The van der Waals surface area contributed by atoms with Gasteiger partial charge in [0.25, 0.3) is 5.91 Å². The molecule has 1 N–H and O–H groups in total. The summed E-state index contributed by atoms with van der Waals surface area (Å²) >= 11 is 0. The van der Waals surface area contributed by atoms with Gasteiger partial charge in [0.05, 0.1) is 12.6 Å². The van der Waals surface area contributed by atoms with Crippen molar-refractivity contribution >= 4 is 5.91 Å². The fourth-order valence-electron chi connectivity index (χ4n) is 3.10. The van der Waals surface area contributed by atoms with Gasteiger partial charge in [-0.15, -0.1) is 0 Å². The molecule has 0 fully saturated rings. The normalized spacial score (nSPS) is 14.2. The second-order valence-electron chi connectivity index (χ2n) is 6.00. The lowest BCUT2D eigenvalue weighted by Gasteiger charge is -2.22. The zero-order valence-electron chi connectivity index (χ0n) is 14.1. The summed E-state index contributed by atoms with van der Waals surface area (Å²) in [4.78, 5) is 14.8. The molecule has 6 heteroatoms. The Labute approximate surface area is 141 Å². The summed E-state index contributed by atoms with van der Waals surface area (Å²) in [7, 11) is 0. The monoisotopic (exact) mass is 329 g/mol. The molecule has 0 atom stereocenters. The summed E-state index contributed by atoms with van der Waals surface area (Å²) in [5, 5.41) is 13.9. The van der Waals surface area contributed by atoms with Crippen LogP contribution >= 0.6 is 0 Å². The van der Waals surface area contributed by atoms with Crippen LogP contribution in [0.1, 0.15) is 48.8 Å².